The molecule has 0 unspecified atom stereocenters. The summed E-state index contributed by atoms with van der Waals surface area (Å²) < 4.78 is 0. The Hall–Kier alpha value is -4.18. The van der Waals surface area contributed by atoms with Crippen molar-refractivity contribution >= 4 is 0 Å². The van der Waals surface area contributed by atoms with Crippen LogP contribution >= 0.6 is 0 Å². The van der Waals surface area contributed by atoms with Gasteiger partial charge in [-0.3, -0.25) is 9.97 Å². The van der Waals surface area contributed by atoms with Gasteiger partial charge in [0.15, 0.2) is 0 Å². The van der Waals surface area contributed by atoms with Crippen molar-refractivity contribution in [3.05, 3.63) is 109 Å². The van der Waals surface area contributed by atoms with E-state index in [2.05, 4.69) is 68.5 Å². The van der Waals surface area contributed by atoms with E-state index in [4.69, 9.17) is 0 Å². The zero-order chi connectivity index (χ0) is 21.0. The van der Waals surface area contributed by atoms with Crippen LogP contribution in [0.15, 0.2) is 103 Å². The average Bonchev–Trinajstić information content (AvgIpc) is 2.85. The summed E-state index contributed by atoms with van der Waals surface area (Å²) in [5.41, 5.74) is 8.00. The molecule has 0 N–H and O–H groups in total. The highest BCUT2D eigenvalue weighted by Gasteiger charge is 2.08. The standard InChI is InChI=1S/C27H20N4/c1-19-30-26(22-12-8-20(9-13-22)24-6-2-4-16-28-24)18-27(31-19)23-14-10-21(11-15-23)25-7-3-5-17-29-25/h2-18H,1H3. The fraction of sp³-hybridized carbons (Fsp3) is 0.0370. The quantitative estimate of drug-likeness (QED) is 0.358. The van der Waals surface area contributed by atoms with Crippen molar-refractivity contribution in [1.29, 1.82) is 0 Å². The first-order chi connectivity index (χ1) is 15.3. The molecular weight excluding hydrogens is 380 g/mol. The number of rotatable bonds is 4. The van der Waals surface area contributed by atoms with Crippen molar-refractivity contribution in [1.82, 2.24) is 19.9 Å². The van der Waals surface area contributed by atoms with Crippen LogP contribution in [0.1, 0.15) is 5.82 Å². The molecule has 5 aromatic rings. The Morgan fingerprint density at radius 1 is 0.452 bits per heavy atom. The van der Waals surface area contributed by atoms with Crippen molar-refractivity contribution in [2.75, 3.05) is 0 Å². The van der Waals surface area contributed by atoms with Gasteiger partial charge < -0.3 is 0 Å². The van der Waals surface area contributed by atoms with E-state index in [1.54, 1.807) is 0 Å². The normalized spacial score (nSPS) is 10.7. The molecule has 4 heteroatoms. The van der Waals surface area contributed by atoms with E-state index in [-0.39, 0.29) is 0 Å². The summed E-state index contributed by atoms with van der Waals surface area (Å²) in [6.07, 6.45) is 3.62. The first-order valence-electron chi connectivity index (χ1n) is 10.2. The monoisotopic (exact) mass is 400 g/mol. The van der Waals surface area contributed by atoms with Crippen LogP contribution in [0.25, 0.3) is 45.0 Å². The van der Waals surface area contributed by atoms with Crippen molar-refractivity contribution in [2.45, 2.75) is 6.92 Å². The SMILES string of the molecule is Cc1nc(-c2ccc(-c3ccccn3)cc2)cc(-c2ccc(-c3ccccn3)cc2)n1. The molecule has 0 amide bonds. The summed E-state index contributed by atoms with van der Waals surface area (Å²) in [5.74, 6) is 0.745. The van der Waals surface area contributed by atoms with Crippen LogP contribution < -0.4 is 0 Å². The lowest BCUT2D eigenvalue weighted by Crippen LogP contribution is -1.95. The van der Waals surface area contributed by atoms with E-state index in [1.807, 2.05) is 61.8 Å². The molecule has 0 atom stereocenters. The van der Waals surface area contributed by atoms with Crippen LogP contribution in [-0.4, -0.2) is 19.9 Å². The fourth-order valence-electron chi connectivity index (χ4n) is 3.55. The van der Waals surface area contributed by atoms with E-state index in [0.717, 1.165) is 50.9 Å². The van der Waals surface area contributed by atoms with Crippen LogP contribution in [0.3, 0.4) is 0 Å². The van der Waals surface area contributed by atoms with Gasteiger partial charge in [-0.1, -0.05) is 60.7 Å². The maximum Gasteiger partial charge on any atom is 0.126 e. The lowest BCUT2D eigenvalue weighted by Gasteiger charge is -2.08. The molecule has 5 rings (SSSR count). The highest BCUT2D eigenvalue weighted by molar-refractivity contribution is 5.72. The number of nitrogens with zero attached hydrogens (tertiary/aromatic N) is 4. The highest BCUT2D eigenvalue weighted by Crippen LogP contribution is 2.27. The Kier molecular flexibility index (Phi) is 5.03. The maximum absolute atomic E-state index is 4.66. The summed E-state index contributed by atoms with van der Waals surface area (Å²) in [7, 11) is 0. The predicted molar refractivity (Wildman–Crippen MR) is 124 cm³/mol. The molecule has 0 spiro atoms. The number of pyridine rings is 2. The van der Waals surface area contributed by atoms with Gasteiger partial charge in [-0.2, -0.15) is 0 Å². The Morgan fingerprint density at radius 2 is 0.839 bits per heavy atom. The van der Waals surface area contributed by atoms with Gasteiger partial charge in [0.25, 0.3) is 0 Å². The highest BCUT2D eigenvalue weighted by atomic mass is 14.9. The number of hydrogen-bond donors (Lipinski definition) is 0. The molecule has 4 nitrogen and oxygen atoms in total. The van der Waals surface area contributed by atoms with E-state index in [0.29, 0.717) is 0 Å². The van der Waals surface area contributed by atoms with Crippen LogP contribution in [-0.2, 0) is 0 Å². The van der Waals surface area contributed by atoms with Crippen molar-refractivity contribution in [3.63, 3.8) is 0 Å². The molecule has 0 aliphatic rings. The smallest absolute Gasteiger partial charge is 0.126 e. The molecule has 0 aliphatic carbocycles. The van der Waals surface area contributed by atoms with Gasteiger partial charge in [0.1, 0.15) is 5.82 Å². The Morgan fingerprint density at radius 3 is 1.19 bits per heavy atom. The topological polar surface area (TPSA) is 51.6 Å². The molecular formula is C27H20N4. The average molecular weight is 400 g/mol. The van der Waals surface area contributed by atoms with Crippen LogP contribution in [0, 0.1) is 6.92 Å². The largest absolute Gasteiger partial charge is 0.256 e. The van der Waals surface area contributed by atoms with Gasteiger partial charge in [0, 0.05) is 34.6 Å². The second-order valence-electron chi connectivity index (χ2n) is 7.27. The molecule has 148 valence electrons. The fourth-order valence-corrected chi connectivity index (χ4v) is 3.55. The molecule has 31 heavy (non-hydrogen) atoms. The van der Waals surface area contributed by atoms with E-state index in [9.17, 15) is 0 Å². The third kappa shape index (κ3) is 4.09. The molecule has 0 radical (unpaired) electrons. The number of aromatic nitrogens is 4. The molecule has 0 fully saturated rings. The van der Waals surface area contributed by atoms with Gasteiger partial charge >= 0.3 is 0 Å². The predicted octanol–water partition coefficient (Wildman–Crippen LogP) is 6.24. The third-order valence-electron chi connectivity index (χ3n) is 5.12. The molecule has 3 aromatic heterocycles. The van der Waals surface area contributed by atoms with Crippen molar-refractivity contribution < 1.29 is 0 Å². The van der Waals surface area contributed by atoms with E-state index >= 15 is 0 Å². The summed E-state index contributed by atoms with van der Waals surface area (Å²) in [6.45, 7) is 1.93. The van der Waals surface area contributed by atoms with Crippen LogP contribution in [0.5, 0.6) is 0 Å². The van der Waals surface area contributed by atoms with Crippen molar-refractivity contribution in [3.8, 4) is 45.0 Å². The first kappa shape index (κ1) is 18.8. The minimum absolute atomic E-state index is 0.745. The van der Waals surface area contributed by atoms with E-state index in [1.165, 1.54) is 0 Å². The van der Waals surface area contributed by atoms with Gasteiger partial charge in [-0.15, -0.1) is 0 Å². The van der Waals surface area contributed by atoms with Crippen molar-refractivity contribution in [2.24, 2.45) is 0 Å². The minimum Gasteiger partial charge on any atom is -0.256 e. The summed E-state index contributed by atoms with van der Waals surface area (Å²) in [6, 6.07) is 30.5. The van der Waals surface area contributed by atoms with E-state index < -0.39 is 0 Å². The number of benzene rings is 2. The van der Waals surface area contributed by atoms with Gasteiger partial charge in [0.2, 0.25) is 0 Å². The summed E-state index contributed by atoms with van der Waals surface area (Å²) in [4.78, 5) is 18.2. The van der Waals surface area contributed by atoms with Gasteiger partial charge in [-0.25, -0.2) is 9.97 Å². The maximum atomic E-state index is 4.66. The molecule has 0 saturated heterocycles. The molecule has 2 aromatic carbocycles. The van der Waals surface area contributed by atoms with Crippen LogP contribution in [0.4, 0.5) is 0 Å². The minimum atomic E-state index is 0.745. The molecule has 0 saturated carbocycles. The Bertz CT molecular complexity index is 1200. The summed E-state index contributed by atoms with van der Waals surface area (Å²) in [5, 5.41) is 0. The second kappa shape index (κ2) is 8.28. The van der Waals surface area contributed by atoms with Gasteiger partial charge in [0.05, 0.1) is 22.8 Å². The summed E-state index contributed by atoms with van der Waals surface area (Å²) >= 11 is 0. The first-order valence-corrected chi connectivity index (χ1v) is 10.2. The molecule has 0 aliphatic heterocycles. The van der Waals surface area contributed by atoms with Gasteiger partial charge in [-0.05, 0) is 37.3 Å². The zero-order valence-electron chi connectivity index (χ0n) is 17.1. The lowest BCUT2D eigenvalue weighted by atomic mass is 10.0. The lowest BCUT2D eigenvalue weighted by molar-refractivity contribution is 1.06. The number of hydrogen-bond acceptors (Lipinski definition) is 4. The Balaban J connectivity index is 1.45. The molecule has 3 heterocycles. The molecule has 0 bridgehead atoms. The van der Waals surface area contributed by atoms with Crippen LogP contribution in [0.2, 0.25) is 0 Å². The number of aryl methyl sites for hydroxylation is 1. The second-order valence-corrected chi connectivity index (χ2v) is 7.27. The zero-order valence-corrected chi connectivity index (χ0v) is 17.1. The third-order valence-corrected chi connectivity index (χ3v) is 5.12. The Labute approximate surface area is 181 Å².